The van der Waals surface area contributed by atoms with Crippen molar-refractivity contribution in [1.29, 1.82) is 0 Å². The molecule has 3 atom stereocenters. The first kappa shape index (κ1) is 14.4. The van der Waals surface area contributed by atoms with Crippen LogP contribution in [0.3, 0.4) is 0 Å². The Labute approximate surface area is 126 Å². The van der Waals surface area contributed by atoms with Crippen molar-refractivity contribution in [1.82, 2.24) is 0 Å². The van der Waals surface area contributed by atoms with Gasteiger partial charge in [-0.1, -0.05) is 31.7 Å². The van der Waals surface area contributed by atoms with E-state index >= 15 is 0 Å². The molecule has 0 radical (unpaired) electrons. The number of non-ortho nitro benzene ring substituents is 1. The van der Waals surface area contributed by atoms with Crippen molar-refractivity contribution in [2.75, 3.05) is 5.32 Å². The standard InChI is InChI=1S/C17H24N2O2/c1-12-6-9-16(19(20)21)11-17(12)18-15-8-7-13-4-2-3-5-14(13)10-15/h6,9,11,13-15,18H,2-5,7-8,10H2,1H3. The summed E-state index contributed by atoms with van der Waals surface area (Å²) in [6, 6.07) is 5.58. The third kappa shape index (κ3) is 3.20. The molecular formula is C17H24N2O2. The molecule has 0 amide bonds. The van der Waals surface area contributed by atoms with E-state index in [-0.39, 0.29) is 10.6 Å². The van der Waals surface area contributed by atoms with Crippen LogP contribution < -0.4 is 5.32 Å². The van der Waals surface area contributed by atoms with Crippen LogP contribution in [0.1, 0.15) is 50.5 Å². The summed E-state index contributed by atoms with van der Waals surface area (Å²) in [5, 5.41) is 14.5. The molecule has 4 heteroatoms. The molecule has 0 aromatic heterocycles. The quantitative estimate of drug-likeness (QED) is 0.649. The highest BCUT2D eigenvalue weighted by atomic mass is 16.6. The van der Waals surface area contributed by atoms with Gasteiger partial charge in [0.1, 0.15) is 0 Å². The van der Waals surface area contributed by atoms with Gasteiger partial charge in [-0.15, -0.1) is 0 Å². The number of nitro benzene ring substituents is 1. The second kappa shape index (κ2) is 6.04. The SMILES string of the molecule is Cc1ccc([N+](=O)[O-])cc1NC1CCC2CCCCC2C1. The Hall–Kier alpha value is -1.58. The van der Waals surface area contributed by atoms with Crippen LogP contribution >= 0.6 is 0 Å². The van der Waals surface area contributed by atoms with Gasteiger partial charge in [-0.25, -0.2) is 0 Å². The Morgan fingerprint density at radius 1 is 1.14 bits per heavy atom. The first-order valence-corrected chi connectivity index (χ1v) is 8.15. The van der Waals surface area contributed by atoms with Crippen molar-refractivity contribution in [2.45, 2.75) is 57.9 Å². The highest BCUT2D eigenvalue weighted by Gasteiger charge is 2.32. The van der Waals surface area contributed by atoms with E-state index in [0.29, 0.717) is 6.04 Å². The van der Waals surface area contributed by atoms with Crippen LogP contribution in [0.2, 0.25) is 0 Å². The van der Waals surface area contributed by atoms with E-state index in [2.05, 4.69) is 5.32 Å². The number of hydrogen-bond donors (Lipinski definition) is 1. The van der Waals surface area contributed by atoms with Gasteiger partial charge in [0.05, 0.1) is 4.92 Å². The fraction of sp³-hybridized carbons (Fsp3) is 0.647. The zero-order valence-corrected chi connectivity index (χ0v) is 12.7. The van der Waals surface area contributed by atoms with Crippen molar-refractivity contribution in [2.24, 2.45) is 11.8 Å². The van der Waals surface area contributed by atoms with Crippen LogP contribution in [0.25, 0.3) is 0 Å². The molecule has 2 aliphatic rings. The Morgan fingerprint density at radius 3 is 2.67 bits per heavy atom. The summed E-state index contributed by atoms with van der Waals surface area (Å²) < 4.78 is 0. The molecule has 3 rings (SSSR count). The number of anilines is 1. The molecule has 0 heterocycles. The van der Waals surface area contributed by atoms with Crippen LogP contribution in [-0.2, 0) is 0 Å². The smallest absolute Gasteiger partial charge is 0.271 e. The first-order valence-electron chi connectivity index (χ1n) is 8.15. The zero-order valence-electron chi connectivity index (χ0n) is 12.7. The molecule has 0 saturated heterocycles. The highest BCUT2D eigenvalue weighted by molar-refractivity contribution is 5.57. The first-order chi connectivity index (χ1) is 10.1. The van der Waals surface area contributed by atoms with Crippen molar-refractivity contribution >= 4 is 11.4 Å². The molecule has 0 aliphatic heterocycles. The molecule has 2 fully saturated rings. The summed E-state index contributed by atoms with van der Waals surface area (Å²) in [7, 11) is 0. The van der Waals surface area contributed by atoms with Crippen LogP contribution in [-0.4, -0.2) is 11.0 Å². The summed E-state index contributed by atoms with van der Waals surface area (Å²) in [6.07, 6.45) is 9.31. The number of benzene rings is 1. The van der Waals surface area contributed by atoms with E-state index in [1.54, 1.807) is 12.1 Å². The minimum absolute atomic E-state index is 0.175. The molecule has 3 unspecified atom stereocenters. The van der Waals surface area contributed by atoms with Gasteiger partial charge in [0.15, 0.2) is 0 Å². The average molecular weight is 288 g/mol. The van der Waals surface area contributed by atoms with E-state index in [4.69, 9.17) is 0 Å². The molecule has 4 nitrogen and oxygen atoms in total. The normalized spacial score (nSPS) is 28.7. The van der Waals surface area contributed by atoms with Gasteiger partial charge in [0.2, 0.25) is 0 Å². The predicted molar refractivity (Wildman–Crippen MR) is 84.5 cm³/mol. The predicted octanol–water partition coefficient (Wildman–Crippen LogP) is 4.67. The van der Waals surface area contributed by atoms with Gasteiger partial charge in [-0.2, -0.15) is 0 Å². The van der Waals surface area contributed by atoms with E-state index in [0.717, 1.165) is 23.1 Å². The van der Waals surface area contributed by atoms with E-state index in [1.165, 1.54) is 44.9 Å². The molecule has 0 spiro atoms. The lowest BCUT2D eigenvalue weighted by Gasteiger charge is -2.40. The summed E-state index contributed by atoms with van der Waals surface area (Å²) in [4.78, 5) is 10.6. The van der Waals surface area contributed by atoms with Crippen LogP contribution in [0.15, 0.2) is 18.2 Å². The fourth-order valence-corrected chi connectivity index (χ4v) is 4.10. The third-order valence-electron chi connectivity index (χ3n) is 5.33. The lowest BCUT2D eigenvalue weighted by molar-refractivity contribution is -0.384. The van der Waals surface area contributed by atoms with Crippen LogP contribution in [0.4, 0.5) is 11.4 Å². The summed E-state index contributed by atoms with van der Waals surface area (Å²) >= 11 is 0. The third-order valence-corrected chi connectivity index (χ3v) is 5.33. The molecule has 1 aromatic carbocycles. The molecule has 1 aromatic rings. The Morgan fingerprint density at radius 2 is 1.90 bits per heavy atom. The highest BCUT2D eigenvalue weighted by Crippen LogP contribution is 2.41. The van der Waals surface area contributed by atoms with Gasteiger partial charge < -0.3 is 5.32 Å². The molecular weight excluding hydrogens is 264 g/mol. The minimum Gasteiger partial charge on any atom is -0.382 e. The van der Waals surface area contributed by atoms with Crippen molar-refractivity contribution in [3.05, 3.63) is 33.9 Å². The van der Waals surface area contributed by atoms with E-state index in [1.807, 2.05) is 13.0 Å². The largest absolute Gasteiger partial charge is 0.382 e. The minimum atomic E-state index is -0.317. The molecule has 1 N–H and O–H groups in total. The van der Waals surface area contributed by atoms with Crippen LogP contribution in [0, 0.1) is 28.9 Å². The molecule has 2 aliphatic carbocycles. The maximum absolute atomic E-state index is 10.9. The molecule has 2 saturated carbocycles. The number of rotatable bonds is 3. The van der Waals surface area contributed by atoms with Crippen molar-refractivity contribution in [3.63, 3.8) is 0 Å². The number of nitrogens with one attached hydrogen (secondary N) is 1. The second-order valence-electron chi connectivity index (χ2n) is 6.72. The maximum atomic E-state index is 10.9. The van der Waals surface area contributed by atoms with E-state index < -0.39 is 0 Å². The maximum Gasteiger partial charge on any atom is 0.271 e. The monoisotopic (exact) mass is 288 g/mol. The average Bonchev–Trinajstić information content (AvgIpc) is 2.49. The number of nitrogens with zero attached hydrogens (tertiary/aromatic N) is 1. The lowest BCUT2D eigenvalue weighted by atomic mass is 9.69. The number of aryl methyl sites for hydroxylation is 1. The fourth-order valence-electron chi connectivity index (χ4n) is 4.10. The second-order valence-corrected chi connectivity index (χ2v) is 6.72. The lowest BCUT2D eigenvalue weighted by Crippen LogP contribution is -2.34. The number of fused-ring (bicyclic) bond motifs is 1. The van der Waals surface area contributed by atoms with E-state index in [9.17, 15) is 10.1 Å². The van der Waals surface area contributed by atoms with Gasteiger partial charge in [-0.05, 0) is 43.6 Å². The van der Waals surface area contributed by atoms with Gasteiger partial charge in [0.25, 0.3) is 5.69 Å². The van der Waals surface area contributed by atoms with Gasteiger partial charge >= 0.3 is 0 Å². The number of hydrogen-bond acceptors (Lipinski definition) is 3. The summed E-state index contributed by atoms with van der Waals surface area (Å²) in [5.74, 6) is 1.80. The topological polar surface area (TPSA) is 55.2 Å². The van der Waals surface area contributed by atoms with Gasteiger partial charge in [0, 0.05) is 23.9 Å². The Bertz CT molecular complexity index is 530. The number of nitro groups is 1. The van der Waals surface area contributed by atoms with Gasteiger partial charge in [-0.3, -0.25) is 10.1 Å². The van der Waals surface area contributed by atoms with Crippen molar-refractivity contribution < 1.29 is 4.92 Å². The zero-order chi connectivity index (χ0) is 14.8. The summed E-state index contributed by atoms with van der Waals surface area (Å²) in [5.41, 5.74) is 2.20. The Kier molecular flexibility index (Phi) is 4.13. The molecule has 21 heavy (non-hydrogen) atoms. The molecule has 0 bridgehead atoms. The van der Waals surface area contributed by atoms with Crippen molar-refractivity contribution in [3.8, 4) is 0 Å². The van der Waals surface area contributed by atoms with Crippen LogP contribution in [0.5, 0.6) is 0 Å². The Balaban J connectivity index is 1.69. The summed E-state index contributed by atoms with van der Waals surface area (Å²) in [6.45, 7) is 2.01. The molecule has 114 valence electrons.